The normalized spacial score (nSPS) is 17.3. The van der Waals surface area contributed by atoms with Crippen molar-refractivity contribution < 1.29 is 27.8 Å². The van der Waals surface area contributed by atoms with E-state index in [1.54, 1.807) is 12.1 Å². The van der Waals surface area contributed by atoms with Gasteiger partial charge in [-0.1, -0.05) is 18.2 Å². The van der Waals surface area contributed by atoms with Gasteiger partial charge in [0.25, 0.3) is 0 Å². The number of nitrogens with zero attached hydrogens (tertiary/aromatic N) is 2. The second-order valence-electron chi connectivity index (χ2n) is 6.09. The molecule has 1 aliphatic rings. The molecule has 0 bridgehead atoms. The van der Waals surface area contributed by atoms with Crippen molar-refractivity contribution in [2.45, 2.75) is 12.6 Å². The first-order valence-electron chi connectivity index (χ1n) is 8.09. The molecule has 1 atom stereocenters. The molecule has 1 aliphatic heterocycles. The van der Waals surface area contributed by atoms with Crippen LogP contribution in [0.25, 0.3) is 0 Å². The van der Waals surface area contributed by atoms with Crippen molar-refractivity contribution in [2.24, 2.45) is 5.92 Å². The number of para-hydroxylation sites is 1. The smallest absolute Gasteiger partial charge is 0.419 e. The number of rotatable bonds is 5. The van der Waals surface area contributed by atoms with Gasteiger partial charge in [0.05, 0.1) is 12.2 Å². The molecule has 26 heavy (non-hydrogen) atoms. The molecular formula is C18H17F3N2O3. The van der Waals surface area contributed by atoms with Crippen LogP contribution in [-0.2, 0) is 6.18 Å². The predicted octanol–water partition coefficient (Wildman–Crippen LogP) is 3.70. The number of alkyl halides is 3. The van der Waals surface area contributed by atoms with E-state index in [0.717, 1.165) is 12.5 Å². The van der Waals surface area contributed by atoms with Crippen molar-refractivity contribution in [1.29, 1.82) is 0 Å². The number of ether oxygens (including phenoxy) is 1. The molecule has 3 rings (SSSR count). The summed E-state index contributed by atoms with van der Waals surface area (Å²) in [4.78, 5) is 17.0. The van der Waals surface area contributed by atoms with E-state index in [-0.39, 0.29) is 24.0 Å². The lowest BCUT2D eigenvalue weighted by atomic mass is 10.1. The van der Waals surface area contributed by atoms with Gasteiger partial charge in [-0.15, -0.1) is 0 Å². The summed E-state index contributed by atoms with van der Waals surface area (Å²) in [6, 6.07) is 9.90. The van der Waals surface area contributed by atoms with Gasteiger partial charge < -0.3 is 14.7 Å². The molecule has 2 aromatic rings. The van der Waals surface area contributed by atoms with E-state index in [0.29, 0.717) is 18.9 Å². The molecule has 0 spiro atoms. The van der Waals surface area contributed by atoms with Crippen molar-refractivity contribution >= 4 is 11.8 Å². The average molecular weight is 366 g/mol. The van der Waals surface area contributed by atoms with Crippen molar-refractivity contribution in [2.75, 3.05) is 24.6 Å². The number of carboxylic acids is 1. The topological polar surface area (TPSA) is 62.7 Å². The zero-order chi connectivity index (χ0) is 18.7. The number of aromatic nitrogens is 1. The van der Waals surface area contributed by atoms with Gasteiger partial charge in [0.2, 0.25) is 0 Å². The van der Waals surface area contributed by atoms with Crippen molar-refractivity contribution in [3.05, 3.63) is 53.7 Å². The minimum Gasteiger partial charge on any atom is -0.493 e. The van der Waals surface area contributed by atoms with Crippen LogP contribution in [0.2, 0.25) is 0 Å². The second-order valence-corrected chi connectivity index (χ2v) is 6.09. The van der Waals surface area contributed by atoms with E-state index >= 15 is 0 Å². The standard InChI is InChI=1S/C18H17F3N2O3/c19-18(20,21)13-4-1-2-6-15(13)26-11-12-8-9-23(10-12)16-7-3-5-14(22-16)17(24)25/h1-7,12H,8-11H2,(H,24,25)/t12-/m0/s1. The number of aromatic carboxylic acids is 1. The maximum atomic E-state index is 13.0. The summed E-state index contributed by atoms with van der Waals surface area (Å²) in [5.74, 6) is -0.700. The lowest BCUT2D eigenvalue weighted by molar-refractivity contribution is -0.139. The molecule has 138 valence electrons. The fourth-order valence-electron chi connectivity index (χ4n) is 2.93. The number of hydrogen-bond acceptors (Lipinski definition) is 4. The van der Waals surface area contributed by atoms with Crippen molar-refractivity contribution in [1.82, 2.24) is 4.98 Å². The molecule has 0 amide bonds. The van der Waals surface area contributed by atoms with Gasteiger partial charge in [0.1, 0.15) is 11.6 Å². The van der Waals surface area contributed by atoms with Crippen molar-refractivity contribution in [3.63, 3.8) is 0 Å². The number of carboxylic acid groups (broad SMARTS) is 1. The molecule has 1 N–H and O–H groups in total. The Morgan fingerprint density at radius 1 is 1.23 bits per heavy atom. The summed E-state index contributed by atoms with van der Waals surface area (Å²) in [5.41, 5.74) is -0.827. The van der Waals surface area contributed by atoms with Crippen LogP contribution in [0.1, 0.15) is 22.5 Å². The Kier molecular flexibility index (Phi) is 5.01. The zero-order valence-electron chi connectivity index (χ0n) is 13.7. The summed E-state index contributed by atoms with van der Waals surface area (Å²) in [7, 11) is 0. The van der Waals surface area contributed by atoms with Crippen LogP contribution in [0.4, 0.5) is 19.0 Å². The predicted molar refractivity (Wildman–Crippen MR) is 88.5 cm³/mol. The lowest BCUT2D eigenvalue weighted by Gasteiger charge is -2.19. The van der Waals surface area contributed by atoms with Crippen LogP contribution in [0.5, 0.6) is 5.75 Å². The van der Waals surface area contributed by atoms with Crippen LogP contribution < -0.4 is 9.64 Å². The first kappa shape index (κ1) is 18.0. The van der Waals surface area contributed by atoms with Crippen molar-refractivity contribution in [3.8, 4) is 5.75 Å². The molecule has 1 aromatic carbocycles. The van der Waals surface area contributed by atoms with Gasteiger partial charge in [-0.3, -0.25) is 0 Å². The number of carbonyl (C=O) groups is 1. The molecule has 0 unspecified atom stereocenters. The van der Waals surface area contributed by atoms with Gasteiger partial charge in [-0.05, 0) is 30.7 Å². The maximum Gasteiger partial charge on any atom is 0.419 e. The van der Waals surface area contributed by atoms with Gasteiger partial charge in [0, 0.05) is 19.0 Å². The Balaban J connectivity index is 1.63. The van der Waals surface area contributed by atoms with E-state index in [1.165, 1.54) is 24.3 Å². The molecule has 1 saturated heterocycles. The lowest BCUT2D eigenvalue weighted by Crippen LogP contribution is -2.23. The molecule has 0 saturated carbocycles. The molecule has 8 heteroatoms. The van der Waals surface area contributed by atoms with Crippen LogP contribution in [0, 0.1) is 5.92 Å². The highest BCUT2D eigenvalue weighted by Gasteiger charge is 2.34. The monoisotopic (exact) mass is 366 g/mol. The molecule has 0 aliphatic carbocycles. The van der Waals surface area contributed by atoms with E-state index in [2.05, 4.69) is 4.98 Å². The number of anilines is 1. The Morgan fingerprint density at radius 2 is 2.00 bits per heavy atom. The summed E-state index contributed by atoms with van der Waals surface area (Å²) >= 11 is 0. The average Bonchev–Trinajstić information content (AvgIpc) is 3.08. The van der Waals surface area contributed by atoms with E-state index in [4.69, 9.17) is 9.84 Å². The van der Waals surface area contributed by atoms with Crippen LogP contribution in [0.15, 0.2) is 42.5 Å². The Hall–Kier alpha value is -2.77. The highest BCUT2D eigenvalue weighted by molar-refractivity contribution is 5.85. The Labute approximate surface area is 148 Å². The summed E-state index contributed by atoms with van der Waals surface area (Å²) in [6.45, 7) is 1.34. The van der Waals surface area contributed by atoms with E-state index in [1.807, 2.05) is 4.90 Å². The number of benzene rings is 1. The quantitative estimate of drug-likeness (QED) is 0.874. The van der Waals surface area contributed by atoms with Crippen LogP contribution >= 0.6 is 0 Å². The SMILES string of the molecule is O=C(O)c1cccc(N2CC[C@H](COc3ccccc3C(F)(F)F)C2)n1. The van der Waals surface area contributed by atoms with Gasteiger partial charge >= 0.3 is 12.1 Å². The summed E-state index contributed by atoms with van der Waals surface area (Å²) in [6.07, 6.45) is -3.73. The highest BCUT2D eigenvalue weighted by Crippen LogP contribution is 2.36. The fourth-order valence-corrected chi connectivity index (χ4v) is 2.93. The molecule has 5 nitrogen and oxygen atoms in total. The molecule has 1 fully saturated rings. The maximum absolute atomic E-state index is 13.0. The summed E-state index contributed by atoms with van der Waals surface area (Å²) in [5, 5.41) is 9.01. The minimum atomic E-state index is -4.46. The van der Waals surface area contributed by atoms with Crippen LogP contribution in [0.3, 0.4) is 0 Å². The second kappa shape index (κ2) is 7.23. The Bertz CT molecular complexity index is 795. The van der Waals surface area contributed by atoms with E-state index in [9.17, 15) is 18.0 Å². The minimum absolute atomic E-state index is 0.0339. The third-order valence-corrected chi connectivity index (χ3v) is 4.23. The van der Waals surface area contributed by atoms with Gasteiger partial charge in [-0.25, -0.2) is 9.78 Å². The van der Waals surface area contributed by atoms with Gasteiger partial charge in [-0.2, -0.15) is 13.2 Å². The molecule has 1 aromatic heterocycles. The highest BCUT2D eigenvalue weighted by atomic mass is 19.4. The number of hydrogen-bond donors (Lipinski definition) is 1. The first-order valence-corrected chi connectivity index (χ1v) is 8.09. The number of pyridine rings is 1. The van der Waals surface area contributed by atoms with E-state index < -0.39 is 17.7 Å². The largest absolute Gasteiger partial charge is 0.493 e. The molecule has 0 radical (unpaired) electrons. The zero-order valence-corrected chi connectivity index (χ0v) is 13.7. The molecular weight excluding hydrogens is 349 g/mol. The third-order valence-electron chi connectivity index (χ3n) is 4.23. The first-order chi connectivity index (χ1) is 12.3. The Morgan fingerprint density at radius 3 is 2.73 bits per heavy atom. The number of halogens is 3. The third kappa shape index (κ3) is 4.07. The van der Waals surface area contributed by atoms with Gasteiger partial charge in [0.15, 0.2) is 5.69 Å². The summed E-state index contributed by atoms with van der Waals surface area (Å²) < 4.78 is 44.4. The molecule has 2 heterocycles. The fraction of sp³-hybridized carbons (Fsp3) is 0.333. The van der Waals surface area contributed by atoms with Crippen LogP contribution in [-0.4, -0.2) is 35.8 Å².